The summed E-state index contributed by atoms with van der Waals surface area (Å²) in [7, 11) is 0. The number of carbonyl (C=O) groups excluding carboxylic acids is 1. The lowest BCUT2D eigenvalue weighted by molar-refractivity contribution is 0.0940. The van der Waals surface area contributed by atoms with Gasteiger partial charge in [-0.15, -0.1) is 5.10 Å². The zero-order valence-electron chi connectivity index (χ0n) is 15.8. The highest BCUT2D eigenvalue weighted by Gasteiger charge is 2.15. The molecule has 0 aliphatic heterocycles. The van der Waals surface area contributed by atoms with Gasteiger partial charge in [0.15, 0.2) is 0 Å². The summed E-state index contributed by atoms with van der Waals surface area (Å²) >= 11 is 5.93. The normalized spacial score (nSPS) is 10.8. The van der Waals surface area contributed by atoms with Gasteiger partial charge in [0.2, 0.25) is 5.82 Å². The number of halogens is 1. The van der Waals surface area contributed by atoms with Gasteiger partial charge in [-0.1, -0.05) is 35.9 Å². The minimum absolute atomic E-state index is 0.132. The van der Waals surface area contributed by atoms with Gasteiger partial charge < -0.3 is 5.32 Å². The quantitative estimate of drug-likeness (QED) is 0.532. The third-order valence-corrected chi connectivity index (χ3v) is 4.68. The largest absolute Gasteiger partial charge is 0.345 e. The zero-order valence-corrected chi connectivity index (χ0v) is 16.5. The molecule has 2 aromatic carbocycles. The van der Waals surface area contributed by atoms with E-state index in [-0.39, 0.29) is 11.7 Å². The van der Waals surface area contributed by atoms with Crippen LogP contribution in [0.15, 0.2) is 67.0 Å². The molecular formula is C21H19ClN6O. The van der Waals surface area contributed by atoms with Gasteiger partial charge in [-0.3, -0.25) is 9.48 Å². The SMILES string of the molecule is Cc1nc(C(=O)NCc2ccc(Cn3cccn3)cc2)nn1-c1ccc(Cl)cc1. The number of rotatable bonds is 6. The standard InChI is InChI=1S/C21H19ClN6O/c1-15-25-20(26-28(15)19-9-7-18(22)8-10-19)21(29)23-13-16-3-5-17(6-4-16)14-27-12-2-11-24-27/h2-12H,13-14H2,1H3,(H,23,29). The molecule has 0 saturated heterocycles. The van der Waals surface area contributed by atoms with Crippen LogP contribution in [0.3, 0.4) is 0 Å². The highest BCUT2D eigenvalue weighted by Crippen LogP contribution is 2.14. The van der Waals surface area contributed by atoms with Gasteiger partial charge in [0.05, 0.1) is 12.2 Å². The first-order valence-electron chi connectivity index (χ1n) is 9.11. The van der Waals surface area contributed by atoms with Gasteiger partial charge in [-0.05, 0) is 48.4 Å². The van der Waals surface area contributed by atoms with E-state index in [0.717, 1.165) is 16.8 Å². The predicted molar refractivity (Wildman–Crippen MR) is 110 cm³/mol. The average Bonchev–Trinajstić information content (AvgIpc) is 3.37. The molecule has 146 valence electrons. The molecule has 8 heteroatoms. The first-order valence-corrected chi connectivity index (χ1v) is 9.49. The van der Waals surface area contributed by atoms with Crippen LogP contribution in [-0.2, 0) is 13.1 Å². The minimum atomic E-state index is -0.318. The van der Waals surface area contributed by atoms with E-state index in [0.29, 0.717) is 23.9 Å². The first kappa shape index (κ1) is 18.9. The van der Waals surface area contributed by atoms with E-state index in [1.54, 1.807) is 29.9 Å². The molecule has 0 unspecified atom stereocenters. The third kappa shape index (κ3) is 4.52. The number of nitrogens with one attached hydrogen (secondary N) is 1. The summed E-state index contributed by atoms with van der Waals surface area (Å²) in [6.45, 7) is 2.91. The molecule has 0 saturated carbocycles. The maximum absolute atomic E-state index is 12.5. The van der Waals surface area contributed by atoms with Crippen LogP contribution < -0.4 is 5.32 Å². The number of amides is 1. The summed E-state index contributed by atoms with van der Waals surface area (Å²) < 4.78 is 3.48. The van der Waals surface area contributed by atoms with Crippen LogP contribution in [0.4, 0.5) is 0 Å². The van der Waals surface area contributed by atoms with Crippen molar-refractivity contribution in [1.82, 2.24) is 29.9 Å². The summed E-state index contributed by atoms with van der Waals surface area (Å²) in [6, 6.07) is 17.1. The zero-order chi connectivity index (χ0) is 20.2. The molecule has 2 heterocycles. The van der Waals surface area contributed by atoms with E-state index >= 15 is 0 Å². The summed E-state index contributed by atoms with van der Waals surface area (Å²) in [4.78, 5) is 16.7. The summed E-state index contributed by atoms with van der Waals surface area (Å²) in [5.41, 5.74) is 2.94. The van der Waals surface area contributed by atoms with Gasteiger partial charge in [0.1, 0.15) is 5.82 Å². The molecule has 4 rings (SSSR count). The molecule has 0 atom stereocenters. The van der Waals surface area contributed by atoms with Crippen LogP contribution in [0.2, 0.25) is 5.02 Å². The lowest BCUT2D eigenvalue weighted by atomic mass is 10.1. The van der Waals surface area contributed by atoms with Gasteiger partial charge >= 0.3 is 0 Å². The van der Waals surface area contributed by atoms with Crippen molar-refractivity contribution in [3.8, 4) is 5.69 Å². The number of aromatic nitrogens is 5. The Kier molecular flexibility index (Phi) is 5.39. The number of hydrogen-bond donors (Lipinski definition) is 1. The van der Waals surface area contributed by atoms with E-state index in [4.69, 9.17) is 11.6 Å². The fraction of sp³-hybridized carbons (Fsp3) is 0.143. The van der Waals surface area contributed by atoms with E-state index < -0.39 is 0 Å². The maximum Gasteiger partial charge on any atom is 0.291 e. The lowest BCUT2D eigenvalue weighted by Crippen LogP contribution is -2.24. The van der Waals surface area contributed by atoms with Crippen molar-refractivity contribution < 1.29 is 4.79 Å². The molecule has 0 aliphatic carbocycles. The Balaban J connectivity index is 1.38. The second-order valence-electron chi connectivity index (χ2n) is 6.57. The molecule has 0 aliphatic rings. The van der Waals surface area contributed by atoms with Crippen molar-refractivity contribution in [2.75, 3.05) is 0 Å². The molecule has 4 aromatic rings. The topological polar surface area (TPSA) is 77.6 Å². The van der Waals surface area contributed by atoms with Crippen molar-refractivity contribution in [2.24, 2.45) is 0 Å². The molecule has 0 fully saturated rings. The summed E-state index contributed by atoms with van der Waals surface area (Å²) in [6.07, 6.45) is 3.68. The van der Waals surface area contributed by atoms with Gasteiger partial charge in [-0.25, -0.2) is 9.67 Å². The Morgan fingerprint density at radius 3 is 2.48 bits per heavy atom. The van der Waals surface area contributed by atoms with Crippen molar-refractivity contribution in [1.29, 1.82) is 0 Å². The van der Waals surface area contributed by atoms with Crippen LogP contribution in [0.25, 0.3) is 5.69 Å². The molecule has 2 aromatic heterocycles. The van der Waals surface area contributed by atoms with Crippen LogP contribution in [0, 0.1) is 6.92 Å². The van der Waals surface area contributed by atoms with Crippen LogP contribution in [-0.4, -0.2) is 30.5 Å². The number of hydrogen-bond acceptors (Lipinski definition) is 4. The fourth-order valence-electron chi connectivity index (χ4n) is 2.92. The van der Waals surface area contributed by atoms with Crippen LogP contribution in [0.5, 0.6) is 0 Å². The Labute approximate surface area is 173 Å². The maximum atomic E-state index is 12.5. The summed E-state index contributed by atoms with van der Waals surface area (Å²) in [5.74, 6) is 0.439. The van der Waals surface area contributed by atoms with Crippen LogP contribution >= 0.6 is 11.6 Å². The molecule has 1 amide bonds. The monoisotopic (exact) mass is 406 g/mol. The Morgan fingerprint density at radius 1 is 1.07 bits per heavy atom. The van der Waals surface area contributed by atoms with Crippen molar-refractivity contribution in [3.05, 3.63) is 94.8 Å². The highest BCUT2D eigenvalue weighted by atomic mass is 35.5. The lowest BCUT2D eigenvalue weighted by Gasteiger charge is -2.06. The Morgan fingerprint density at radius 2 is 1.79 bits per heavy atom. The van der Waals surface area contributed by atoms with Gasteiger partial charge in [0.25, 0.3) is 5.91 Å². The molecule has 1 N–H and O–H groups in total. The number of nitrogens with zero attached hydrogens (tertiary/aromatic N) is 5. The number of carbonyl (C=O) groups is 1. The van der Waals surface area contributed by atoms with Gasteiger partial charge in [0, 0.05) is 24.0 Å². The molecule has 0 bridgehead atoms. The fourth-order valence-corrected chi connectivity index (χ4v) is 3.04. The third-order valence-electron chi connectivity index (χ3n) is 4.42. The second-order valence-corrected chi connectivity index (χ2v) is 7.01. The molecular weight excluding hydrogens is 388 g/mol. The molecule has 0 spiro atoms. The highest BCUT2D eigenvalue weighted by molar-refractivity contribution is 6.30. The summed E-state index contributed by atoms with van der Waals surface area (Å²) in [5, 5.41) is 12.0. The van der Waals surface area contributed by atoms with E-state index in [9.17, 15) is 4.79 Å². The first-order chi connectivity index (χ1) is 14.1. The smallest absolute Gasteiger partial charge is 0.291 e. The Hall–Kier alpha value is -3.45. The average molecular weight is 407 g/mol. The van der Waals surface area contributed by atoms with Crippen molar-refractivity contribution in [2.45, 2.75) is 20.0 Å². The molecule has 0 radical (unpaired) electrons. The van der Waals surface area contributed by atoms with Crippen molar-refractivity contribution in [3.63, 3.8) is 0 Å². The Bertz CT molecular complexity index is 1100. The number of aryl methyl sites for hydroxylation is 1. The van der Waals surface area contributed by atoms with Gasteiger partial charge in [-0.2, -0.15) is 5.10 Å². The van der Waals surface area contributed by atoms with E-state index in [1.165, 1.54) is 0 Å². The molecule has 7 nitrogen and oxygen atoms in total. The van der Waals surface area contributed by atoms with E-state index in [1.807, 2.05) is 53.3 Å². The minimum Gasteiger partial charge on any atom is -0.345 e. The predicted octanol–water partition coefficient (Wildman–Crippen LogP) is 3.40. The van der Waals surface area contributed by atoms with E-state index in [2.05, 4.69) is 20.5 Å². The molecule has 29 heavy (non-hydrogen) atoms. The van der Waals surface area contributed by atoms with Crippen LogP contribution in [0.1, 0.15) is 27.6 Å². The second kappa shape index (κ2) is 8.28. The number of benzene rings is 2. The van der Waals surface area contributed by atoms with Crippen molar-refractivity contribution >= 4 is 17.5 Å².